The lowest BCUT2D eigenvalue weighted by Gasteiger charge is -2.30. The topological polar surface area (TPSA) is 66.0 Å². The zero-order valence-electron chi connectivity index (χ0n) is 14.5. The lowest BCUT2D eigenvalue weighted by Crippen LogP contribution is -2.92. The number of halogens is 2. The molecule has 2 atom stereocenters. The van der Waals surface area contributed by atoms with Crippen LogP contribution in [0.2, 0.25) is 0 Å². The molecule has 3 N–H and O–H groups in total. The van der Waals surface area contributed by atoms with Crippen LogP contribution in [0.25, 0.3) is 0 Å². The molecule has 1 heterocycles. The molecule has 26 heavy (non-hydrogen) atoms. The minimum absolute atomic E-state index is 0.0622. The third kappa shape index (κ3) is 3.57. The number of benzene rings is 2. The van der Waals surface area contributed by atoms with Crippen molar-refractivity contribution in [3.8, 4) is 0 Å². The van der Waals surface area contributed by atoms with Gasteiger partial charge in [0.1, 0.15) is 24.2 Å². The van der Waals surface area contributed by atoms with Gasteiger partial charge in [0, 0.05) is 11.6 Å². The molecule has 2 aromatic rings. The van der Waals surface area contributed by atoms with Crippen LogP contribution in [0, 0.1) is 11.6 Å². The number of carbonyl (C=O) groups is 2. The Labute approximate surface area is 150 Å². The summed E-state index contributed by atoms with van der Waals surface area (Å²) in [6, 6.07) is 9.55. The summed E-state index contributed by atoms with van der Waals surface area (Å²) in [5, 5.41) is 4.44. The second kappa shape index (κ2) is 7.21. The van der Waals surface area contributed by atoms with Crippen molar-refractivity contribution >= 4 is 23.2 Å². The standard InChI is InChI=1S/C19H19F2N3O2/c1-11(14-8-7-13(20)9-15(14)21)22-12(2)19(26)24-10-18(25)23-16-5-3-4-6-17(16)24/h3-9,11-12,22H,10H2,1-2H3,(H,23,25)/p+1/t11-,12+/m1/s1. The Morgan fingerprint density at radius 2 is 1.92 bits per heavy atom. The highest BCUT2D eigenvalue weighted by Gasteiger charge is 2.32. The van der Waals surface area contributed by atoms with Gasteiger partial charge in [0.2, 0.25) is 5.91 Å². The number of amides is 2. The summed E-state index contributed by atoms with van der Waals surface area (Å²) in [6.45, 7) is 3.39. The molecule has 136 valence electrons. The molecule has 0 aliphatic carbocycles. The van der Waals surface area contributed by atoms with Gasteiger partial charge in [-0.15, -0.1) is 0 Å². The van der Waals surface area contributed by atoms with Crippen LogP contribution in [-0.2, 0) is 9.59 Å². The van der Waals surface area contributed by atoms with E-state index >= 15 is 0 Å². The smallest absolute Gasteiger partial charge is 0.285 e. The molecular weight excluding hydrogens is 340 g/mol. The number of nitrogens with one attached hydrogen (secondary N) is 1. The summed E-state index contributed by atoms with van der Waals surface area (Å²) < 4.78 is 27.0. The fraction of sp³-hybridized carbons (Fsp3) is 0.263. The van der Waals surface area contributed by atoms with Gasteiger partial charge in [-0.2, -0.15) is 0 Å². The molecular formula is C19H20F2N3O2+. The van der Waals surface area contributed by atoms with Gasteiger partial charge in [0.25, 0.3) is 5.91 Å². The van der Waals surface area contributed by atoms with Gasteiger partial charge >= 0.3 is 0 Å². The molecule has 0 aromatic heterocycles. The molecule has 1 aliphatic heterocycles. The molecule has 2 aromatic carbocycles. The van der Waals surface area contributed by atoms with E-state index in [4.69, 9.17) is 0 Å². The van der Waals surface area contributed by atoms with E-state index in [9.17, 15) is 18.4 Å². The maximum atomic E-state index is 13.9. The highest BCUT2D eigenvalue weighted by Crippen LogP contribution is 2.29. The Morgan fingerprint density at radius 3 is 2.65 bits per heavy atom. The Hall–Kier alpha value is -2.80. The van der Waals surface area contributed by atoms with Crippen LogP contribution in [-0.4, -0.2) is 24.4 Å². The van der Waals surface area contributed by atoms with Gasteiger partial charge in [-0.05, 0) is 38.1 Å². The number of hydrogen-bond acceptors (Lipinski definition) is 2. The maximum Gasteiger partial charge on any atom is 0.285 e. The average Bonchev–Trinajstić information content (AvgIpc) is 2.60. The molecule has 0 spiro atoms. The molecule has 0 fully saturated rings. The van der Waals surface area contributed by atoms with Gasteiger partial charge in [0.15, 0.2) is 6.04 Å². The van der Waals surface area contributed by atoms with Gasteiger partial charge < -0.3 is 10.6 Å². The van der Waals surface area contributed by atoms with Crippen molar-refractivity contribution in [1.29, 1.82) is 0 Å². The Kier molecular flexibility index (Phi) is 4.99. The van der Waals surface area contributed by atoms with E-state index in [-0.39, 0.29) is 24.4 Å². The zero-order valence-corrected chi connectivity index (χ0v) is 14.5. The summed E-state index contributed by atoms with van der Waals surface area (Å²) in [5.41, 5.74) is 1.54. The molecule has 0 radical (unpaired) electrons. The number of nitrogens with zero attached hydrogens (tertiary/aromatic N) is 1. The van der Waals surface area contributed by atoms with E-state index in [2.05, 4.69) is 5.32 Å². The van der Waals surface area contributed by atoms with Gasteiger partial charge in [0.05, 0.1) is 11.4 Å². The van der Waals surface area contributed by atoms with Crippen LogP contribution in [0.1, 0.15) is 25.5 Å². The number of anilines is 2. The van der Waals surface area contributed by atoms with Crippen LogP contribution in [0.3, 0.4) is 0 Å². The second-order valence-corrected chi connectivity index (χ2v) is 6.43. The highest BCUT2D eigenvalue weighted by molar-refractivity contribution is 6.10. The minimum atomic E-state index is -0.643. The number of rotatable bonds is 4. The number of quaternary nitrogens is 1. The van der Waals surface area contributed by atoms with Crippen LogP contribution < -0.4 is 15.5 Å². The van der Waals surface area contributed by atoms with Gasteiger partial charge in [-0.1, -0.05) is 12.1 Å². The fourth-order valence-electron chi connectivity index (χ4n) is 3.17. The van der Waals surface area contributed by atoms with Gasteiger partial charge in [-0.25, -0.2) is 8.78 Å². The first-order valence-electron chi connectivity index (χ1n) is 8.37. The molecule has 0 unspecified atom stereocenters. The normalized spacial score (nSPS) is 15.8. The van der Waals surface area contributed by atoms with Crippen molar-refractivity contribution in [2.24, 2.45) is 0 Å². The molecule has 3 rings (SSSR count). The zero-order chi connectivity index (χ0) is 18.8. The number of hydrogen-bond donors (Lipinski definition) is 2. The molecule has 2 amide bonds. The van der Waals surface area contributed by atoms with Gasteiger partial charge in [-0.3, -0.25) is 14.5 Å². The van der Waals surface area contributed by atoms with Crippen molar-refractivity contribution in [1.82, 2.24) is 0 Å². The molecule has 0 saturated carbocycles. The number of para-hydroxylation sites is 2. The number of nitrogens with two attached hydrogens (primary N) is 1. The Balaban J connectivity index is 1.77. The average molecular weight is 360 g/mol. The van der Waals surface area contributed by atoms with Crippen LogP contribution in [0.15, 0.2) is 42.5 Å². The maximum absolute atomic E-state index is 13.9. The second-order valence-electron chi connectivity index (χ2n) is 6.43. The van der Waals surface area contributed by atoms with Crippen molar-refractivity contribution in [2.45, 2.75) is 25.9 Å². The van der Waals surface area contributed by atoms with Crippen molar-refractivity contribution in [3.05, 3.63) is 59.7 Å². The number of carbonyl (C=O) groups excluding carboxylic acids is 2. The van der Waals surface area contributed by atoms with E-state index in [0.717, 1.165) is 6.07 Å². The molecule has 5 nitrogen and oxygen atoms in total. The molecule has 0 bridgehead atoms. The molecule has 7 heteroatoms. The Morgan fingerprint density at radius 1 is 1.19 bits per heavy atom. The quantitative estimate of drug-likeness (QED) is 0.875. The van der Waals surface area contributed by atoms with E-state index in [0.29, 0.717) is 16.9 Å². The summed E-state index contributed by atoms with van der Waals surface area (Å²) >= 11 is 0. The van der Waals surface area contributed by atoms with Crippen LogP contribution in [0.5, 0.6) is 0 Å². The van der Waals surface area contributed by atoms with E-state index in [1.807, 2.05) is 0 Å². The Bertz CT molecular complexity index is 856. The monoisotopic (exact) mass is 360 g/mol. The predicted molar refractivity (Wildman–Crippen MR) is 93.6 cm³/mol. The largest absolute Gasteiger partial charge is 0.330 e. The van der Waals surface area contributed by atoms with Crippen LogP contribution in [0.4, 0.5) is 20.2 Å². The minimum Gasteiger partial charge on any atom is -0.330 e. The van der Waals surface area contributed by atoms with Crippen molar-refractivity contribution in [3.63, 3.8) is 0 Å². The van der Waals surface area contributed by atoms with Crippen molar-refractivity contribution < 1.29 is 23.7 Å². The SMILES string of the molecule is C[C@H]([NH2+][C@H](C)c1ccc(F)cc1F)C(=O)N1CC(=O)Nc2ccccc21. The van der Waals surface area contributed by atoms with Crippen molar-refractivity contribution in [2.75, 3.05) is 16.8 Å². The van der Waals surface area contributed by atoms with E-state index < -0.39 is 17.7 Å². The first-order chi connectivity index (χ1) is 12.4. The third-order valence-electron chi connectivity index (χ3n) is 4.46. The first kappa shape index (κ1) is 18.0. The molecule has 1 aliphatic rings. The predicted octanol–water partition coefficient (Wildman–Crippen LogP) is 1.96. The number of fused-ring (bicyclic) bond motifs is 1. The highest BCUT2D eigenvalue weighted by atomic mass is 19.1. The fourth-order valence-corrected chi connectivity index (χ4v) is 3.17. The summed E-state index contributed by atoms with van der Waals surface area (Å²) in [6.07, 6.45) is 0. The third-order valence-corrected chi connectivity index (χ3v) is 4.46. The van der Waals surface area contributed by atoms with Crippen LogP contribution >= 0.6 is 0 Å². The molecule has 0 saturated heterocycles. The van der Waals surface area contributed by atoms with E-state index in [1.54, 1.807) is 43.4 Å². The first-order valence-corrected chi connectivity index (χ1v) is 8.37. The van der Waals surface area contributed by atoms with E-state index in [1.165, 1.54) is 17.0 Å². The lowest BCUT2D eigenvalue weighted by atomic mass is 10.1. The summed E-state index contributed by atoms with van der Waals surface area (Å²) in [7, 11) is 0. The lowest BCUT2D eigenvalue weighted by molar-refractivity contribution is -0.710. The summed E-state index contributed by atoms with van der Waals surface area (Å²) in [4.78, 5) is 26.2. The summed E-state index contributed by atoms with van der Waals surface area (Å²) in [5.74, 6) is -1.79.